The molecule has 1 spiro atoms. The lowest BCUT2D eigenvalue weighted by atomic mass is 9.70. The lowest BCUT2D eigenvalue weighted by molar-refractivity contribution is 0.410. The number of nitrogens with zero attached hydrogens (tertiary/aromatic N) is 4. The molecule has 6 nitrogen and oxygen atoms in total. The predicted molar refractivity (Wildman–Crippen MR) is 265 cm³/mol. The minimum Gasteiger partial charge on any atom is -0.439 e. The van der Waals surface area contributed by atoms with E-state index in [2.05, 4.69) is 233 Å². The Hall–Kier alpha value is -7.70. The molecule has 0 aliphatic heterocycles. The first-order valence-corrected chi connectivity index (χ1v) is 22.5. The van der Waals surface area contributed by atoms with Crippen molar-refractivity contribution in [2.75, 3.05) is 9.80 Å². The van der Waals surface area contributed by atoms with Crippen LogP contribution in [-0.4, -0.2) is 9.97 Å². The molecule has 0 radical (unpaired) electrons. The van der Waals surface area contributed by atoms with Crippen LogP contribution in [0.2, 0.25) is 0 Å². The van der Waals surface area contributed by atoms with Crippen molar-refractivity contribution in [1.82, 2.24) is 9.97 Å². The average molecular weight is 845 g/mol. The molecule has 2 heterocycles. The van der Waals surface area contributed by atoms with E-state index in [1.165, 1.54) is 22.3 Å². The molecule has 0 unspecified atom stereocenters. The van der Waals surface area contributed by atoms with Gasteiger partial charge in [-0.3, -0.25) is 0 Å². The van der Waals surface area contributed by atoms with Crippen LogP contribution in [0.4, 0.5) is 34.1 Å². The molecule has 316 valence electrons. The van der Waals surface area contributed by atoms with Crippen molar-refractivity contribution in [3.05, 3.63) is 216 Å². The van der Waals surface area contributed by atoms with Crippen LogP contribution in [0, 0.1) is 0 Å². The van der Waals surface area contributed by atoms with E-state index < -0.39 is 16.2 Å². The summed E-state index contributed by atoms with van der Waals surface area (Å²) in [6, 6.07) is 65.1. The smallest absolute Gasteiger partial charge is 0.200 e. The van der Waals surface area contributed by atoms with Crippen LogP contribution in [0.5, 0.6) is 0 Å². The number of para-hydroxylation sites is 4. The van der Waals surface area contributed by atoms with Gasteiger partial charge in [0.05, 0.1) is 16.8 Å². The van der Waals surface area contributed by atoms with Crippen molar-refractivity contribution in [3.63, 3.8) is 0 Å². The van der Waals surface area contributed by atoms with Crippen LogP contribution in [0.15, 0.2) is 191 Å². The molecule has 2 aliphatic rings. The van der Waals surface area contributed by atoms with E-state index >= 15 is 0 Å². The quantitative estimate of drug-likeness (QED) is 0.166. The van der Waals surface area contributed by atoms with Gasteiger partial charge in [0, 0.05) is 44.7 Å². The summed E-state index contributed by atoms with van der Waals surface area (Å²) in [6.07, 6.45) is 0. The van der Waals surface area contributed by atoms with E-state index in [-0.39, 0.29) is 0 Å². The summed E-state index contributed by atoms with van der Waals surface area (Å²) in [6.45, 7) is 13.0. The van der Waals surface area contributed by atoms with Gasteiger partial charge in [-0.15, -0.1) is 0 Å². The van der Waals surface area contributed by atoms with E-state index in [4.69, 9.17) is 18.8 Å². The van der Waals surface area contributed by atoms with Gasteiger partial charge in [0.1, 0.15) is 11.0 Å². The highest BCUT2D eigenvalue weighted by Gasteiger charge is 2.55. The highest BCUT2D eigenvalue weighted by Crippen LogP contribution is 2.67. The highest BCUT2D eigenvalue weighted by molar-refractivity contribution is 6.15. The molecule has 2 aromatic heterocycles. The van der Waals surface area contributed by atoms with E-state index in [1.54, 1.807) is 0 Å². The van der Waals surface area contributed by atoms with Gasteiger partial charge >= 0.3 is 0 Å². The molecule has 0 bridgehead atoms. The summed E-state index contributed by atoms with van der Waals surface area (Å²) in [5.41, 5.74) is 16.4. The number of fused-ring (bicyclic) bond motifs is 14. The first-order valence-electron chi connectivity index (χ1n) is 22.5. The van der Waals surface area contributed by atoms with Crippen molar-refractivity contribution < 1.29 is 8.83 Å². The Morgan fingerprint density at radius 2 is 0.692 bits per heavy atom. The number of hydrogen-bond acceptors (Lipinski definition) is 6. The molecule has 8 aromatic carbocycles. The number of oxazole rings is 2. The first-order chi connectivity index (χ1) is 31.5. The fraction of sp³-hybridized carbons (Fsp3) is 0.153. The fourth-order valence-electron chi connectivity index (χ4n) is 10.3. The number of benzene rings is 8. The Kier molecular flexibility index (Phi) is 8.48. The molecule has 0 N–H and O–H groups in total. The van der Waals surface area contributed by atoms with Crippen LogP contribution in [-0.2, 0) is 16.2 Å². The molecule has 10 aromatic rings. The maximum absolute atomic E-state index is 7.30. The number of rotatable bonds is 6. The van der Waals surface area contributed by atoms with Crippen molar-refractivity contribution in [3.8, 4) is 22.3 Å². The largest absolute Gasteiger partial charge is 0.439 e. The molecule has 0 saturated carbocycles. The molecule has 0 fully saturated rings. The van der Waals surface area contributed by atoms with Crippen LogP contribution >= 0.6 is 0 Å². The molecular formula is C59H48N4O2. The van der Waals surface area contributed by atoms with Crippen LogP contribution < -0.4 is 9.80 Å². The van der Waals surface area contributed by atoms with Gasteiger partial charge in [-0.2, -0.15) is 0 Å². The number of hydrogen-bond donors (Lipinski definition) is 0. The Morgan fingerprint density at radius 1 is 0.385 bits per heavy atom. The topological polar surface area (TPSA) is 58.5 Å². The Bertz CT molecular complexity index is 3140. The van der Waals surface area contributed by atoms with Crippen molar-refractivity contribution in [1.29, 1.82) is 0 Å². The first kappa shape index (κ1) is 38.9. The summed E-state index contributed by atoms with van der Waals surface area (Å²) in [4.78, 5) is 15.7. The Morgan fingerprint density at radius 3 is 1.02 bits per heavy atom. The van der Waals surface area contributed by atoms with Crippen LogP contribution in [0.25, 0.3) is 44.5 Å². The summed E-state index contributed by atoms with van der Waals surface area (Å²) in [5.74, 6) is 1.33. The highest BCUT2D eigenvalue weighted by atomic mass is 16.4. The summed E-state index contributed by atoms with van der Waals surface area (Å²) < 4.78 is 14.6. The third-order valence-electron chi connectivity index (χ3n) is 13.1. The standard InChI is InChI=1S/C59H48N4O2/c1-57(2,3)55-60-51-47(62(37-23-11-7-12-24-37)38-25-13-8-14-26-38)35-45-49(53(51)64-55)50-46(59(45)43-33-21-19-31-41(43)42-32-20-22-34-44(42)59)36-48(52-54(50)65-56(61-52)58(4,5)6)63(39-27-15-9-16-28-39)40-29-17-10-18-30-40/h7-36H,1-6H3. The fourth-order valence-corrected chi connectivity index (χ4v) is 10.3. The van der Waals surface area contributed by atoms with E-state index in [0.29, 0.717) is 11.8 Å². The molecular weight excluding hydrogens is 797 g/mol. The van der Waals surface area contributed by atoms with Crippen molar-refractivity contribution in [2.45, 2.75) is 57.8 Å². The predicted octanol–water partition coefficient (Wildman–Crippen LogP) is 15.8. The zero-order valence-corrected chi connectivity index (χ0v) is 37.4. The van der Waals surface area contributed by atoms with E-state index in [1.807, 2.05) is 0 Å². The minimum absolute atomic E-state index is 0.393. The number of aromatic nitrogens is 2. The molecule has 0 amide bonds. The minimum atomic E-state index is -0.800. The summed E-state index contributed by atoms with van der Waals surface area (Å²) in [7, 11) is 0. The molecule has 65 heavy (non-hydrogen) atoms. The lowest BCUT2D eigenvalue weighted by Crippen LogP contribution is -2.26. The maximum atomic E-state index is 7.30. The van der Waals surface area contributed by atoms with Gasteiger partial charge in [0.15, 0.2) is 11.2 Å². The second kappa shape index (κ2) is 14.2. The second-order valence-corrected chi connectivity index (χ2v) is 19.4. The summed E-state index contributed by atoms with van der Waals surface area (Å²) in [5, 5.41) is 0. The Labute approximate surface area is 379 Å². The number of anilines is 6. The van der Waals surface area contributed by atoms with Gasteiger partial charge in [0.2, 0.25) is 11.8 Å². The van der Waals surface area contributed by atoms with Crippen molar-refractivity contribution >= 4 is 56.3 Å². The molecule has 12 rings (SSSR count). The second-order valence-electron chi connectivity index (χ2n) is 19.4. The van der Waals surface area contributed by atoms with E-state index in [9.17, 15) is 0 Å². The van der Waals surface area contributed by atoms with E-state index in [0.717, 1.165) is 78.6 Å². The van der Waals surface area contributed by atoms with Gasteiger partial charge in [-0.25, -0.2) is 9.97 Å². The SMILES string of the molecule is CC(C)(C)c1nc2c(N(c3ccccc3)c3ccccc3)cc3c(c2o1)-c1c(cc(N(c2ccccc2)c2ccccc2)c2nc(C(C)(C)C)oc12)C31c2ccccc2-c2ccccc21. The van der Waals surface area contributed by atoms with Gasteiger partial charge in [-0.05, 0) is 94.0 Å². The van der Waals surface area contributed by atoms with Crippen LogP contribution in [0.3, 0.4) is 0 Å². The van der Waals surface area contributed by atoms with Gasteiger partial charge in [0.25, 0.3) is 0 Å². The normalized spacial score (nSPS) is 13.5. The van der Waals surface area contributed by atoms with Gasteiger partial charge < -0.3 is 18.6 Å². The zero-order valence-electron chi connectivity index (χ0n) is 37.4. The molecule has 6 heteroatoms. The van der Waals surface area contributed by atoms with Gasteiger partial charge in [-0.1, -0.05) is 163 Å². The summed E-state index contributed by atoms with van der Waals surface area (Å²) >= 11 is 0. The third kappa shape index (κ3) is 5.72. The monoisotopic (exact) mass is 844 g/mol. The van der Waals surface area contributed by atoms with Crippen molar-refractivity contribution in [2.24, 2.45) is 0 Å². The molecule has 2 aliphatic carbocycles. The molecule has 0 saturated heterocycles. The maximum Gasteiger partial charge on any atom is 0.200 e. The molecule has 0 atom stereocenters. The average Bonchev–Trinajstić information content (AvgIpc) is 4.10. The van der Waals surface area contributed by atoms with Crippen LogP contribution in [0.1, 0.15) is 75.6 Å². The Balaban J connectivity index is 1.31. The zero-order chi connectivity index (χ0) is 44.2. The lowest BCUT2D eigenvalue weighted by Gasteiger charge is -2.33. The third-order valence-corrected chi connectivity index (χ3v) is 13.1.